The smallest absolute Gasteiger partial charge is 0.241 e. The van der Waals surface area contributed by atoms with E-state index in [4.69, 9.17) is 0 Å². The van der Waals surface area contributed by atoms with Gasteiger partial charge in [-0.3, -0.25) is 19.2 Å². The van der Waals surface area contributed by atoms with Crippen molar-refractivity contribution in [2.45, 2.75) is 140 Å². The Balaban J connectivity index is 1.51. The Morgan fingerprint density at radius 3 is 2.09 bits per heavy atom. The standard InChI is InChI=1S/C35H60N4O6/c1-34(2)21-27(33(44)38(34)5)31(42)28(19-24-12-8-6-9-13-24)36-32(43)26(18-25-14-15-25)20-29(40)39(22-30(41)37(3)4)23-35(45)16-10-7-11-17-35/h24-28,31,42,45H,6-23H2,1-5H3,(H,36,43)/t26-,27+,28+,31+/m1/s1. The van der Waals surface area contributed by atoms with Crippen LogP contribution in [-0.2, 0) is 19.2 Å². The zero-order valence-electron chi connectivity index (χ0n) is 28.6. The number of amides is 4. The number of carbonyl (C=O) groups is 4. The van der Waals surface area contributed by atoms with Crippen LogP contribution in [0.4, 0.5) is 0 Å². The second-order valence-electron chi connectivity index (χ2n) is 15.8. The van der Waals surface area contributed by atoms with Crippen molar-refractivity contribution in [1.29, 1.82) is 0 Å². The van der Waals surface area contributed by atoms with Crippen molar-refractivity contribution in [2.75, 3.05) is 34.2 Å². The summed E-state index contributed by atoms with van der Waals surface area (Å²) in [6, 6.07) is -0.581. The molecule has 0 aromatic heterocycles. The van der Waals surface area contributed by atoms with Crippen LogP contribution in [0.3, 0.4) is 0 Å². The lowest BCUT2D eigenvalue weighted by Gasteiger charge is -2.37. The molecule has 0 aromatic carbocycles. The number of nitrogens with zero attached hydrogens (tertiary/aromatic N) is 3. The third-order valence-electron chi connectivity index (χ3n) is 11.3. The minimum Gasteiger partial charge on any atom is -0.390 e. The van der Waals surface area contributed by atoms with Crippen LogP contribution in [0.2, 0.25) is 0 Å². The van der Waals surface area contributed by atoms with Crippen LogP contribution >= 0.6 is 0 Å². The van der Waals surface area contributed by atoms with Crippen LogP contribution in [0.1, 0.15) is 117 Å². The third kappa shape index (κ3) is 9.66. The van der Waals surface area contributed by atoms with E-state index in [0.29, 0.717) is 43.9 Å². The summed E-state index contributed by atoms with van der Waals surface area (Å²) < 4.78 is 0. The highest BCUT2D eigenvalue weighted by Gasteiger charge is 2.48. The predicted octanol–water partition coefficient (Wildman–Crippen LogP) is 3.48. The van der Waals surface area contributed by atoms with E-state index in [2.05, 4.69) is 5.32 Å². The van der Waals surface area contributed by atoms with Crippen molar-refractivity contribution in [3.63, 3.8) is 0 Å². The molecule has 0 aromatic rings. The molecule has 3 aliphatic carbocycles. The molecule has 0 unspecified atom stereocenters. The summed E-state index contributed by atoms with van der Waals surface area (Å²) in [5, 5.41) is 26.2. The summed E-state index contributed by atoms with van der Waals surface area (Å²) in [5.74, 6) is -1.34. The zero-order chi connectivity index (χ0) is 32.9. The van der Waals surface area contributed by atoms with Gasteiger partial charge in [0.25, 0.3) is 0 Å². The summed E-state index contributed by atoms with van der Waals surface area (Å²) in [6.45, 7) is 3.95. The van der Waals surface area contributed by atoms with Crippen LogP contribution in [0.5, 0.6) is 0 Å². The largest absolute Gasteiger partial charge is 0.390 e. The molecule has 256 valence electrons. The summed E-state index contributed by atoms with van der Waals surface area (Å²) in [6.07, 6.45) is 12.2. The van der Waals surface area contributed by atoms with Gasteiger partial charge in [-0.05, 0) is 57.8 Å². The Morgan fingerprint density at radius 2 is 1.53 bits per heavy atom. The van der Waals surface area contributed by atoms with E-state index in [1.807, 2.05) is 13.8 Å². The van der Waals surface area contributed by atoms with E-state index in [0.717, 1.165) is 57.8 Å². The second-order valence-corrected chi connectivity index (χ2v) is 15.8. The van der Waals surface area contributed by atoms with E-state index in [9.17, 15) is 29.4 Å². The number of likely N-dealkylation sites (N-methyl/N-ethyl adjacent to an activating group) is 1. The maximum Gasteiger partial charge on any atom is 0.241 e. The lowest BCUT2D eigenvalue weighted by molar-refractivity contribution is -0.145. The molecule has 1 saturated heterocycles. The van der Waals surface area contributed by atoms with Crippen LogP contribution in [-0.4, -0.2) is 106 Å². The highest BCUT2D eigenvalue weighted by atomic mass is 16.3. The summed E-state index contributed by atoms with van der Waals surface area (Å²) in [5.41, 5.74) is -1.41. The van der Waals surface area contributed by atoms with Gasteiger partial charge in [-0.1, -0.05) is 64.2 Å². The second kappa shape index (κ2) is 15.1. The Kier molecular flexibility index (Phi) is 12.0. The molecule has 4 atom stereocenters. The van der Waals surface area contributed by atoms with Crippen molar-refractivity contribution >= 4 is 23.6 Å². The Hall–Kier alpha value is -2.20. The minimum absolute atomic E-state index is 0.0521. The molecule has 0 radical (unpaired) electrons. The molecule has 1 aliphatic heterocycles. The van der Waals surface area contributed by atoms with Gasteiger partial charge in [0.2, 0.25) is 23.6 Å². The van der Waals surface area contributed by atoms with Crippen LogP contribution in [0, 0.1) is 23.7 Å². The van der Waals surface area contributed by atoms with Gasteiger partial charge in [0.15, 0.2) is 0 Å². The first kappa shape index (κ1) is 35.7. The topological polar surface area (TPSA) is 130 Å². The fourth-order valence-electron chi connectivity index (χ4n) is 7.86. The fourth-order valence-corrected chi connectivity index (χ4v) is 7.86. The van der Waals surface area contributed by atoms with Gasteiger partial charge in [0, 0.05) is 45.6 Å². The van der Waals surface area contributed by atoms with E-state index >= 15 is 0 Å². The first-order valence-corrected chi connectivity index (χ1v) is 17.7. The molecule has 3 N–H and O–H groups in total. The Labute approximate surface area is 270 Å². The third-order valence-corrected chi connectivity index (χ3v) is 11.3. The fraction of sp³-hybridized carbons (Fsp3) is 0.886. The maximum absolute atomic E-state index is 14.1. The molecular weight excluding hydrogens is 572 g/mol. The molecule has 10 heteroatoms. The van der Waals surface area contributed by atoms with Crippen molar-refractivity contribution < 1.29 is 29.4 Å². The monoisotopic (exact) mass is 632 g/mol. The maximum atomic E-state index is 14.1. The summed E-state index contributed by atoms with van der Waals surface area (Å²) >= 11 is 0. The number of rotatable bonds is 14. The Morgan fingerprint density at radius 1 is 0.933 bits per heavy atom. The van der Waals surface area contributed by atoms with Crippen molar-refractivity contribution in [1.82, 2.24) is 20.0 Å². The van der Waals surface area contributed by atoms with Gasteiger partial charge < -0.3 is 30.2 Å². The molecule has 0 bridgehead atoms. The van der Waals surface area contributed by atoms with E-state index < -0.39 is 29.6 Å². The predicted molar refractivity (Wildman–Crippen MR) is 173 cm³/mol. The van der Waals surface area contributed by atoms with Gasteiger partial charge in [0.05, 0.1) is 30.2 Å². The van der Waals surface area contributed by atoms with Crippen molar-refractivity contribution in [3.8, 4) is 0 Å². The van der Waals surface area contributed by atoms with Crippen LogP contribution < -0.4 is 5.32 Å². The highest BCUT2D eigenvalue weighted by Crippen LogP contribution is 2.39. The molecular formula is C35H60N4O6. The Bertz CT molecular complexity index is 1050. The van der Waals surface area contributed by atoms with Crippen molar-refractivity contribution in [2.24, 2.45) is 23.7 Å². The number of aliphatic hydroxyl groups is 2. The molecule has 4 fully saturated rings. The molecule has 45 heavy (non-hydrogen) atoms. The van der Waals surface area contributed by atoms with Crippen LogP contribution in [0.25, 0.3) is 0 Å². The van der Waals surface area contributed by atoms with E-state index in [-0.39, 0.29) is 48.7 Å². The number of likely N-dealkylation sites (tertiary alicyclic amines) is 1. The average molecular weight is 633 g/mol. The summed E-state index contributed by atoms with van der Waals surface area (Å²) in [7, 11) is 5.07. The lowest BCUT2D eigenvalue weighted by atomic mass is 9.80. The molecule has 4 aliphatic rings. The van der Waals surface area contributed by atoms with Gasteiger partial charge >= 0.3 is 0 Å². The molecule has 1 heterocycles. The highest BCUT2D eigenvalue weighted by molar-refractivity contribution is 5.89. The van der Waals surface area contributed by atoms with Crippen molar-refractivity contribution in [3.05, 3.63) is 0 Å². The van der Waals surface area contributed by atoms with E-state index in [1.54, 1.807) is 26.0 Å². The van der Waals surface area contributed by atoms with Crippen LogP contribution in [0.15, 0.2) is 0 Å². The number of carbonyl (C=O) groups excluding carboxylic acids is 4. The minimum atomic E-state index is -1.03. The average Bonchev–Trinajstić information content (AvgIpc) is 3.79. The number of nitrogens with one attached hydrogen (secondary N) is 1. The molecule has 4 rings (SSSR count). The number of aliphatic hydroxyl groups excluding tert-OH is 1. The zero-order valence-corrected chi connectivity index (χ0v) is 28.6. The number of hydrogen-bond acceptors (Lipinski definition) is 6. The quantitative estimate of drug-likeness (QED) is 0.269. The summed E-state index contributed by atoms with van der Waals surface area (Å²) in [4.78, 5) is 58.6. The molecule has 10 nitrogen and oxygen atoms in total. The van der Waals surface area contributed by atoms with Gasteiger partial charge in [-0.2, -0.15) is 0 Å². The van der Waals surface area contributed by atoms with E-state index in [1.165, 1.54) is 16.2 Å². The molecule has 0 spiro atoms. The first-order valence-electron chi connectivity index (χ1n) is 17.7. The molecule has 4 amide bonds. The number of hydrogen-bond donors (Lipinski definition) is 3. The van der Waals surface area contributed by atoms with Gasteiger partial charge in [-0.15, -0.1) is 0 Å². The van der Waals surface area contributed by atoms with Gasteiger partial charge in [-0.25, -0.2) is 0 Å². The normalized spacial score (nSPS) is 25.4. The lowest BCUT2D eigenvalue weighted by Crippen LogP contribution is -2.52. The molecule has 3 saturated carbocycles. The first-order chi connectivity index (χ1) is 21.2. The SMILES string of the molecule is CN(C)C(=O)CN(CC1(O)CCCCC1)C(=O)C[C@@H](CC1CC1)C(=O)N[C@@H](CC1CCCCC1)[C@@H](O)[C@@H]1CC(C)(C)N(C)C1=O. The van der Waals surface area contributed by atoms with Gasteiger partial charge in [0.1, 0.15) is 0 Å².